The molecule has 19 heavy (non-hydrogen) atoms. The Morgan fingerprint density at radius 2 is 2.16 bits per heavy atom. The van der Waals surface area contributed by atoms with Crippen molar-refractivity contribution in [1.82, 2.24) is 20.1 Å². The van der Waals surface area contributed by atoms with Gasteiger partial charge in [-0.1, -0.05) is 6.92 Å². The molecule has 2 aromatic rings. The number of hydrogen-bond donors (Lipinski definition) is 1. The van der Waals surface area contributed by atoms with Crippen LogP contribution in [0.15, 0.2) is 11.6 Å². The van der Waals surface area contributed by atoms with Crippen LogP contribution in [-0.4, -0.2) is 27.9 Å². The summed E-state index contributed by atoms with van der Waals surface area (Å²) in [5, 5.41) is 11.0. The average Bonchev–Trinajstić information content (AvgIpc) is 3.00. The van der Waals surface area contributed by atoms with Gasteiger partial charge in [-0.3, -0.25) is 0 Å². The van der Waals surface area contributed by atoms with Gasteiger partial charge in [0.25, 0.3) is 0 Å². The highest BCUT2D eigenvalue weighted by atomic mass is 32.1. The summed E-state index contributed by atoms with van der Waals surface area (Å²) in [7, 11) is 0. The lowest BCUT2D eigenvalue weighted by molar-refractivity contribution is 0.638. The molecule has 0 unspecified atom stereocenters. The molecular formula is C14H22N4S. The molecule has 2 heterocycles. The van der Waals surface area contributed by atoms with Crippen molar-refractivity contribution in [2.45, 2.75) is 40.0 Å². The van der Waals surface area contributed by atoms with E-state index in [1.807, 2.05) is 16.3 Å². The van der Waals surface area contributed by atoms with Gasteiger partial charge in [-0.2, -0.15) is 5.10 Å². The van der Waals surface area contributed by atoms with E-state index in [2.05, 4.69) is 36.2 Å². The van der Waals surface area contributed by atoms with Gasteiger partial charge in [0.15, 0.2) is 0 Å². The Labute approximate surface area is 118 Å². The SMILES string of the molecule is CCCNCCCc1c(C)nn(-c2nccs2)c1C. The lowest BCUT2D eigenvalue weighted by atomic mass is 10.1. The van der Waals surface area contributed by atoms with Crippen LogP contribution in [0.25, 0.3) is 5.13 Å². The Morgan fingerprint density at radius 1 is 1.32 bits per heavy atom. The third-order valence-corrected chi connectivity index (χ3v) is 4.00. The largest absolute Gasteiger partial charge is 0.317 e. The first-order valence-corrected chi connectivity index (χ1v) is 7.77. The number of nitrogens with zero attached hydrogens (tertiary/aromatic N) is 3. The van der Waals surface area contributed by atoms with Gasteiger partial charge in [0, 0.05) is 17.3 Å². The summed E-state index contributed by atoms with van der Waals surface area (Å²) in [5.41, 5.74) is 3.72. The van der Waals surface area contributed by atoms with Crippen LogP contribution in [0, 0.1) is 13.8 Å². The van der Waals surface area contributed by atoms with Gasteiger partial charge >= 0.3 is 0 Å². The fraction of sp³-hybridized carbons (Fsp3) is 0.571. The predicted octanol–water partition coefficient (Wildman–Crippen LogP) is 2.88. The van der Waals surface area contributed by atoms with Crippen molar-refractivity contribution in [2.24, 2.45) is 0 Å². The summed E-state index contributed by atoms with van der Waals surface area (Å²) in [4.78, 5) is 4.33. The standard InChI is InChI=1S/C14H22N4S/c1-4-7-15-8-5-6-13-11(2)17-18(12(13)3)14-16-9-10-19-14/h9-10,15H,4-8H2,1-3H3. The third kappa shape index (κ3) is 3.42. The maximum atomic E-state index is 4.61. The molecule has 0 spiro atoms. The van der Waals surface area contributed by atoms with Crippen LogP contribution < -0.4 is 5.32 Å². The molecule has 0 aliphatic carbocycles. The molecule has 0 saturated heterocycles. The van der Waals surface area contributed by atoms with Gasteiger partial charge in [0.05, 0.1) is 5.69 Å². The van der Waals surface area contributed by atoms with Crippen molar-refractivity contribution < 1.29 is 0 Å². The van der Waals surface area contributed by atoms with Crippen LogP contribution in [0.4, 0.5) is 0 Å². The number of thiazole rings is 1. The topological polar surface area (TPSA) is 42.7 Å². The summed E-state index contributed by atoms with van der Waals surface area (Å²) in [6.45, 7) is 8.60. The maximum absolute atomic E-state index is 4.61. The molecule has 5 heteroatoms. The molecule has 0 fully saturated rings. The molecule has 0 amide bonds. The zero-order valence-corrected chi connectivity index (χ0v) is 12.8. The van der Waals surface area contributed by atoms with Crippen LogP contribution in [0.5, 0.6) is 0 Å². The molecule has 0 aliphatic rings. The van der Waals surface area contributed by atoms with E-state index < -0.39 is 0 Å². The number of rotatable bonds is 7. The predicted molar refractivity (Wildman–Crippen MR) is 80.2 cm³/mol. The van der Waals surface area contributed by atoms with Gasteiger partial charge < -0.3 is 5.32 Å². The lowest BCUT2D eigenvalue weighted by Crippen LogP contribution is -2.16. The molecule has 0 aromatic carbocycles. The van der Waals surface area contributed by atoms with Crippen LogP contribution in [0.1, 0.15) is 36.7 Å². The molecule has 2 aromatic heterocycles. The van der Waals surface area contributed by atoms with Crippen molar-refractivity contribution in [3.05, 3.63) is 28.5 Å². The van der Waals surface area contributed by atoms with E-state index in [4.69, 9.17) is 0 Å². The Balaban J connectivity index is 2.01. The van der Waals surface area contributed by atoms with Gasteiger partial charge in [-0.25, -0.2) is 9.67 Å². The number of aromatic nitrogens is 3. The highest BCUT2D eigenvalue weighted by Gasteiger charge is 2.13. The van der Waals surface area contributed by atoms with E-state index in [1.165, 1.54) is 17.7 Å². The van der Waals surface area contributed by atoms with Gasteiger partial charge in [0.2, 0.25) is 5.13 Å². The Kier molecular flexibility index (Phi) is 5.10. The Bertz CT molecular complexity index is 502. The minimum Gasteiger partial charge on any atom is -0.317 e. The zero-order chi connectivity index (χ0) is 13.7. The van der Waals surface area contributed by atoms with E-state index in [0.717, 1.165) is 36.8 Å². The van der Waals surface area contributed by atoms with E-state index in [0.29, 0.717) is 0 Å². The first-order valence-electron chi connectivity index (χ1n) is 6.89. The van der Waals surface area contributed by atoms with E-state index in [1.54, 1.807) is 11.3 Å². The molecule has 0 radical (unpaired) electrons. The lowest BCUT2D eigenvalue weighted by Gasteiger charge is -2.04. The molecule has 0 saturated carbocycles. The fourth-order valence-corrected chi connectivity index (χ4v) is 2.88. The number of hydrogen-bond acceptors (Lipinski definition) is 4. The third-order valence-electron chi connectivity index (χ3n) is 3.25. The Hall–Kier alpha value is -1.20. The molecule has 2 rings (SSSR count). The van der Waals surface area contributed by atoms with Gasteiger partial charge in [-0.05, 0) is 51.8 Å². The second kappa shape index (κ2) is 6.82. The van der Waals surface area contributed by atoms with E-state index >= 15 is 0 Å². The smallest absolute Gasteiger partial charge is 0.210 e. The molecule has 4 nitrogen and oxygen atoms in total. The first kappa shape index (κ1) is 14.2. The van der Waals surface area contributed by atoms with E-state index in [-0.39, 0.29) is 0 Å². The second-order valence-corrected chi connectivity index (χ2v) is 5.60. The highest BCUT2D eigenvalue weighted by Crippen LogP contribution is 2.20. The number of nitrogens with one attached hydrogen (secondary N) is 1. The summed E-state index contributed by atoms with van der Waals surface area (Å²) in [6.07, 6.45) is 5.26. The van der Waals surface area contributed by atoms with Crippen molar-refractivity contribution in [3.8, 4) is 5.13 Å². The van der Waals surface area contributed by atoms with Crippen LogP contribution in [0.3, 0.4) is 0 Å². The minimum atomic E-state index is 0.955. The zero-order valence-electron chi connectivity index (χ0n) is 11.9. The van der Waals surface area contributed by atoms with Gasteiger partial charge in [0.1, 0.15) is 0 Å². The number of aryl methyl sites for hydroxylation is 1. The minimum absolute atomic E-state index is 0.955. The van der Waals surface area contributed by atoms with Crippen molar-refractivity contribution in [1.29, 1.82) is 0 Å². The average molecular weight is 278 g/mol. The summed E-state index contributed by atoms with van der Waals surface area (Å²) in [6, 6.07) is 0. The fourth-order valence-electron chi connectivity index (χ4n) is 2.24. The molecule has 0 aliphatic heterocycles. The second-order valence-electron chi connectivity index (χ2n) is 4.73. The molecule has 1 N–H and O–H groups in total. The summed E-state index contributed by atoms with van der Waals surface area (Å²) in [5.74, 6) is 0. The molecule has 104 valence electrons. The molecule has 0 bridgehead atoms. The normalized spacial score (nSPS) is 11.1. The van der Waals surface area contributed by atoms with Gasteiger partial charge in [-0.15, -0.1) is 11.3 Å². The summed E-state index contributed by atoms with van der Waals surface area (Å²) < 4.78 is 1.97. The van der Waals surface area contributed by atoms with Crippen molar-refractivity contribution >= 4 is 11.3 Å². The van der Waals surface area contributed by atoms with Crippen LogP contribution in [0.2, 0.25) is 0 Å². The van der Waals surface area contributed by atoms with Crippen LogP contribution >= 0.6 is 11.3 Å². The monoisotopic (exact) mass is 278 g/mol. The van der Waals surface area contributed by atoms with Crippen molar-refractivity contribution in [2.75, 3.05) is 13.1 Å². The first-order chi connectivity index (χ1) is 9.24. The highest BCUT2D eigenvalue weighted by molar-refractivity contribution is 7.12. The van der Waals surface area contributed by atoms with Crippen LogP contribution in [-0.2, 0) is 6.42 Å². The maximum Gasteiger partial charge on any atom is 0.210 e. The van der Waals surface area contributed by atoms with Crippen molar-refractivity contribution in [3.63, 3.8) is 0 Å². The molecule has 0 atom stereocenters. The summed E-state index contributed by atoms with van der Waals surface area (Å²) >= 11 is 1.62. The Morgan fingerprint density at radius 3 is 2.84 bits per heavy atom. The van der Waals surface area contributed by atoms with E-state index in [9.17, 15) is 0 Å². The molecular weight excluding hydrogens is 256 g/mol. The quantitative estimate of drug-likeness (QED) is 0.792.